The molecule has 0 spiro atoms. The minimum absolute atomic E-state index is 0.382. The molecule has 2 rings (SSSR count). The molecule has 3 atom stereocenters. The van der Waals surface area contributed by atoms with Crippen LogP contribution in [0.3, 0.4) is 0 Å². The zero-order valence-electron chi connectivity index (χ0n) is 11.7. The molecular formula is C15H24O3. The van der Waals surface area contributed by atoms with Gasteiger partial charge in [-0.1, -0.05) is 13.0 Å². The molecule has 2 aliphatic rings. The molecule has 0 aromatic carbocycles. The third-order valence-corrected chi connectivity index (χ3v) is 4.22. The normalized spacial score (nSPS) is 30.5. The number of hydrogen-bond donors (Lipinski definition) is 0. The summed E-state index contributed by atoms with van der Waals surface area (Å²) in [6.45, 7) is 9.52. The molecule has 0 saturated heterocycles. The van der Waals surface area contributed by atoms with Crippen molar-refractivity contribution >= 4 is 5.97 Å². The Bertz CT molecular complexity index is 346. The first-order valence-corrected chi connectivity index (χ1v) is 6.90. The predicted molar refractivity (Wildman–Crippen MR) is 69.9 cm³/mol. The Hall–Kier alpha value is -0.830. The lowest BCUT2D eigenvalue weighted by molar-refractivity contribution is -0.217. The molecule has 2 aliphatic carbocycles. The molecular weight excluding hydrogens is 228 g/mol. The van der Waals surface area contributed by atoms with Gasteiger partial charge in [-0.05, 0) is 43.9 Å². The number of ether oxygens (including phenoxy) is 2. The van der Waals surface area contributed by atoms with Gasteiger partial charge in [-0.25, -0.2) is 4.79 Å². The Kier molecular flexibility index (Phi) is 3.81. The van der Waals surface area contributed by atoms with Gasteiger partial charge in [0.2, 0.25) is 5.79 Å². The molecule has 3 heteroatoms. The van der Waals surface area contributed by atoms with Crippen LogP contribution >= 0.6 is 0 Å². The topological polar surface area (TPSA) is 35.5 Å². The maximum absolute atomic E-state index is 11.5. The van der Waals surface area contributed by atoms with Crippen molar-refractivity contribution in [3.05, 3.63) is 12.2 Å². The molecule has 2 bridgehead atoms. The second-order valence-corrected chi connectivity index (χ2v) is 6.32. The molecule has 2 fully saturated rings. The quantitative estimate of drug-likeness (QED) is 0.428. The highest BCUT2D eigenvalue weighted by Gasteiger charge is 2.40. The monoisotopic (exact) mass is 252 g/mol. The molecule has 0 heterocycles. The molecule has 0 radical (unpaired) electrons. The van der Waals surface area contributed by atoms with Crippen molar-refractivity contribution in [1.29, 1.82) is 0 Å². The van der Waals surface area contributed by atoms with Gasteiger partial charge >= 0.3 is 5.97 Å². The second kappa shape index (κ2) is 5.04. The van der Waals surface area contributed by atoms with Crippen LogP contribution in [0.5, 0.6) is 0 Å². The van der Waals surface area contributed by atoms with E-state index in [4.69, 9.17) is 9.47 Å². The number of carbonyl (C=O) groups is 1. The zero-order chi connectivity index (χ0) is 13.3. The summed E-state index contributed by atoms with van der Waals surface area (Å²) >= 11 is 0. The summed E-state index contributed by atoms with van der Waals surface area (Å²) in [4.78, 5) is 11.5. The number of carbonyl (C=O) groups excluding carboxylic acids is 1. The van der Waals surface area contributed by atoms with Crippen molar-refractivity contribution in [2.24, 2.45) is 17.8 Å². The molecule has 0 amide bonds. The Morgan fingerprint density at radius 3 is 2.56 bits per heavy atom. The summed E-state index contributed by atoms with van der Waals surface area (Å²) < 4.78 is 11.1. The summed E-state index contributed by atoms with van der Waals surface area (Å²) in [7, 11) is 0. The van der Waals surface area contributed by atoms with Gasteiger partial charge in [-0.2, -0.15) is 0 Å². The van der Waals surface area contributed by atoms with Crippen molar-refractivity contribution in [1.82, 2.24) is 0 Å². The molecule has 0 aromatic heterocycles. The van der Waals surface area contributed by atoms with E-state index >= 15 is 0 Å². The lowest BCUT2D eigenvalue weighted by Crippen LogP contribution is -2.34. The van der Waals surface area contributed by atoms with Crippen molar-refractivity contribution in [2.45, 2.75) is 52.2 Å². The van der Waals surface area contributed by atoms with E-state index in [1.54, 1.807) is 20.8 Å². The van der Waals surface area contributed by atoms with Crippen LogP contribution in [0.1, 0.15) is 46.5 Å². The van der Waals surface area contributed by atoms with Crippen molar-refractivity contribution in [3.63, 3.8) is 0 Å². The van der Waals surface area contributed by atoms with Crippen molar-refractivity contribution in [2.75, 3.05) is 6.61 Å². The minimum atomic E-state index is -0.849. The first-order chi connectivity index (χ1) is 8.37. The Morgan fingerprint density at radius 2 is 2.06 bits per heavy atom. The summed E-state index contributed by atoms with van der Waals surface area (Å²) in [5.74, 6) is 1.18. The first-order valence-electron chi connectivity index (χ1n) is 6.90. The van der Waals surface area contributed by atoms with E-state index in [9.17, 15) is 4.79 Å². The van der Waals surface area contributed by atoms with Gasteiger partial charge in [0.15, 0.2) is 0 Å². The van der Waals surface area contributed by atoms with Gasteiger partial charge in [-0.15, -0.1) is 0 Å². The maximum atomic E-state index is 11.5. The van der Waals surface area contributed by atoms with E-state index in [1.807, 2.05) is 0 Å². The fourth-order valence-electron chi connectivity index (χ4n) is 3.23. The number of rotatable bonds is 5. The Labute approximate surface area is 110 Å². The van der Waals surface area contributed by atoms with Gasteiger partial charge in [-0.3, -0.25) is 0 Å². The third kappa shape index (κ3) is 3.14. The van der Waals surface area contributed by atoms with Gasteiger partial charge in [0.25, 0.3) is 0 Å². The summed E-state index contributed by atoms with van der Waals surface area (Å²) in [5.41, 5.74) is 0.409. The summed E-state index contributed by atoms with van der Waals surface area (Å²) in [6.07, 6.45) is 5.41. The van der Waals surface area contributed by atoms with Crippen LogP contribution in [0.15, 0.2) is 12.2 Å². The highest BCUT2D eigenvalue weighted by molar-refractivity contribution is 5.87. The van der Waals surface area contributed by atoms with Crippen molar-refractivity contribution < 1.29 is 14.3 Å². The largest absolute Gasteiger partial charge is 0.430 e. The molecule has 0 N–H and O–H groups in total. The highest BCUT2D eigenvalue weighted by atomic mass is 16.7. The van der Waals surface area contributed by atoms with Crippen LogP contribution in [0.25, 0.3) is 0 Å². The molecule has 0 aromatic rings. The summed E-state index contributed by atoms with van der Waals surface area (Å²) in [5, 5.41) is 0. The maximum Gasteiger partial charge on any atom is 0.335 e. The van der Waals surface area contributed by atoms with E-state index in [-0.39, 0.29) is 5.97 Å². The first kappa shape index (κ1) is 13.6. The van der Waals surface area contributed by atoms with Crippen LogP contribution in [-0.2, 0) is 14.3 Å². The SMILES string of the molecule is C=C(C)C(=O)OC(C)(C)OCC1CC2CCC1C2. The minimum Gasteiger partial charge on any atom is -0.430 e. The van der Waals surface area contributed by atoms with E-state index in [0.717, 1.165) is 11.8 Å². The molecule has 3 unspecified atom stereocenters. The fraction of sp³-hybridized carbons (Fsp3) is 0.800. The summed E-state index contributed by atoms with van der Waals surface area (Å²) in [6, 6.07) is 0. The predicted octanol–water partition coefficient (Wildman–Crippen LogP) is 3.29. The molecule has 18 heavy (non-hydrogen) atoms. The molecule has 3 nitrogen and oxygen atoms in total. The van der Waals surface area contributed by atoms with Crippen LogP contribution in [0.4, 0.5) is 0 Å². The van der Waals surface area contributed by atoms with Crippen LogP contribution in [0, 0.1) is 17.8 Å². The lowest BCUT2D eigenvalue weighted by Gasteiger charge is -2.29. The van der Waals surface area contributed by atoms with E-state index in [2.05, 4.69) is 6.58 Å². The van der Waals surface area contributed by atoms with Crippen LogP contribution in [-0.4, -0.2) is 18.4 Å². The highest BCUT2D eigenvalue weighted by Crippen LogP contribution is 2.48. The van der Waals surface area contributed by atoms with E-state index in [0.29, 0.717) is 18.1 Å². The van der Waals surface area contributed by atoms with E-state index < -0.39 is 5.79 Å². The zero-order valence-corrected chi connectivity index (χ0v) is 11.7. The second-order valence-electron chi connectivity index (χ2n) is 6.32. The average molecular weight is 252 g/mol. The van der Waals surface area contributed by atoms with E-state index in [1.165, 1.54) is 25.7 Å². The average Bonchev–Trinajstić information content (AvgIpc) is 2.87. The van der Waals surface area contributed by atoms with Gasteiger partial charge < -0.3 is 9.47 Å². The standard InChI is InChI=1S/C15H24O3/c1-10(2)14(16)18-15(3,4)17-9-13-8-11-5-6-12(13)7-11/h11-13H,1,5-9H2,2-4H3. The third-order valence-electron chi connectivity index (χ3n) is 4.22. The van der Waals surface area contributed by atoms with Crippen LogP contribution in [0.2, 0.25) is 0 Å². The smallest absolute Gasteiger partial charge is 0.335 e. The van der Waals surface area contributed by atoms with Gasteiger partial charge in [0.1, 0.15) is 0 Å². The van der Waals surface area contributed by atoms with Crippen molar-refractivity contribution in [3.8, 4) is 0 Å². The Balaban J connectivity index is 1.78. The van der Waals surface area contributed by atoms with Crippen LogP contribution < -0.4 is 0 Å². The molecule has 102 valence electrons. The number of fused-ring (bicyclic) bond motifs is 2. The molecule has 0 aliphatic heterocycles. The molecule has 2 saturated carbocycles. The Morgan fingerprint density at radius 1 is 1.33 bits per heavy atom. The van der Waals surface area contributed by atoms with Gasteiger partial charge in [0.05, 0.1) is 6.61 Å². The number of hydrogen-bond acceptors (Lipinski definition) is 3. The lowest BCUT2D eigenvalue weighted by atomic mass is 9.89. The van der Waals surface area contributed by atoms with Gasteiger partial charge in [0, 0.05) is 19.4 Å². The number of esters is 1. The fourth-order valence-corrected chi connectivity index (χ4v) is 3.23.